The van der Waals surface area contributed by atoms with E-state index in [9.17, 15) is 14.4 Å². The number of benzene rings is 1. The van der Waals surface area contributed by atoms with Crippen LogP contribution in [0.5, 0.6) is 0 Å². The molecule has 2 saturated heterocycles. The second-order valence-electron chi connectivity index (χ2n) is 7.20. The van der Waals surface area contributed by atoms with E-state index >= 15 is 0 Å². The van der Waals surface area contributed by atoms with E-state index in [2.05, 4.69) is 5.32 Å². The first-order chi connectivity index (χ1) is 13.0. The molecule has 2 fully saturated rings. The lowest BCUT2D eigenvalue weighted by Gasteiger charge is -2.30. The molecule has 0 spiro atoms. The van der Waals surface area contributed by atoms with Gasteiger partial charge >= 0.3 is 5.97 Å². The molecule has 3 rings (SSSR count). The van der Waals surface area contributed by atoms with Crippen LogP contribution in [0, 0.1) is 5.92 Å². The molecule has 1 atom stereocenters. The average Bonchev–Trinajstić information content (AvgIpc) is 3.20. The van der Waals surface area contributed by atoms with Gasteiger partial charge < -0.3 is 20.1 Å². The van der Waals surface area contributed by atoms with Crippen molar-refractivity contribution < 1.29 is 24.2 Å². The van der Waals surface area contributed by atoms with Crippen LogP contribution in [0.3, 0.4) is 0 Å². The van der Waals surface area contributed by atoms with Crippen molar-refractivity contribution in [2.75, 3.05) is 25.0 Å². The van der Waals surface area contributed by atoms with Crippen LogP contribution in [0.4, 0.5) is 5.69 Å². The number of nitrogens with one attached hydrogen (secondary N) is 1. The first-order valence-corrected chi connectivity index (χ1v) is 9.56. The van der Waals surface area contributed by atoms with Crippen molar-refractivity contribution in [3.05, 3.63) is 29.8 Å². The summed E-state index contributed by atoms with van der Waals surface area (Å²) in [6.07, 6.45) is 4.41. The second kappa shape index (κ2) is 8.99. The zero-order valence-electron chi connectivity index (χ0n) is 15.4. The van der Waals surface area contributed by atoms with Crippen molar-refractivity contribution in [3.63, 3.8) is 0 Å². The molecule has 1 unspecified atom stereocenters. The number of carbonyl (C=O) groups is 3. The molecule has 146 valence electrons. The van der Waals surface area contributed by atoms with Crippen LogP contribution in [-0.4, -0.2) is 53.6 Å². The van der Waals surface area contributed by atoms with Gasteiger partial charge in [-0.05, 0) is 56.4 Å². The highest BCUT2D eigenvalue weighted by molar-refractivity contribution is 5.96. The topological polar surface area (TPSA) is 95.9 Å². The summed E-state index contributed by atoms with van der Waals surface area (Å²) in [4.78, 5) is 37.3. The Labute approximate surface area is 158 Å². The Morgan fingerprint density at radius 1 is 1.11 bits per heavy atom. The summed E-state index contributed by atoms with van der Waals surface area (Å²) >= 11 is 0. The number of carboxylic acids is 1. The smallest absolute Gasteiger partial charge is 0.306 e. The third-order valence-corrected chi connectivity index (χ3v) is 5.26. The van der Waals surface area contributed by atoms with Crippen LogP contribution in [-0.2, 0) is 14.3 Å². The van der Waals surface area contributed by atoms with Crippen molar-refractivity contribution in [2.45, 2.75) is 44.6 Å². The first-order valence-electron chi connectivity index (χ1n) is 9.56. The standard InChI is InChI=1S/C20H26N2O5/c23-18(8-7-17-2-1-13-27-17)21-16-5-3-14(4-6-16)19(24)22-11-9-15(10-12-22)20(25)26/h3-6,15,17H,1-2,7-13H2,(H,21,23)(H,25,26). The van der Waals surface area contributed by atoms with Crippen LogP contribution < -0.4 is 5.32 Å². The van der Waals surface area contributed by atoms with Crippen LogP contribution in [0.15, 0.2) is 24.3 Å². The number of ether oxygens (including phenoxy) is 1. The number of piperidine rings is 1. The number of likely N-dealkylation sites (tertiary alicyclic amines) is 1. The molecule has 7 nitrogen and oxygen atoms in total. The Kier molecular flexibility index (Phi) is 6.45. The summed E-state index contributed by atoms with van der Waals surface area (Å²) < 4.78 is 5.52. The number of carboxylic acid groups (broad SMARTS) is 1. The largest absolute Gasteiger partial charge is 0.481 e. The molecule has 2 aliphatic rings. The van der Waals surface area contributed by atoms with E-state index in [1.165, 1.54) is 0 Å². The molecule has 27 heavy (non-hydrogen) atoms. The summed E-state index contributed by atoms with van der Waals surface area (Å²) in [7, 11) is 0. The predicted octanol–water partition coefficient (Wildman–Crippen LogP) is 2.52. The third-order valence-electron chi connectivity index (χ3n) is 5.26. The molecule has 0 aromatic heterocycles. The minimum Gasteiger partial charge on any atom is -0.481 e. The fraction of sp³-hybridized carbons (Fsp3) is 0.550. The van der Waals surface area contributed by atoms with E-state index in [0.29, 0.717) is 43.6 Å². The number of carbonyl (C=O) groups excluding carboxylic acids is 2. The fourth-order valence-electron chi connectivity index (χ4n) is 3.60. The molecule has 2 amide bonds. The summed E-state index contributed by atoms with van der Waals surface area (Å²) in [5.41, 5.74) is 1.20. The molecule has 0 aliphatic carbocycles. The number of hydrogen-bond donors (Lipinski definition) is 2. The minimum absolute atomic E-state index is 0.0553. The molecule has 1 aromatic rings. The number of anilines is 1. The molecule has 2 N–H and O–H groups in total. The third kappa shape index (κ3) is 5.29. The van der Waals surface area contributed by atoms with Gasteiger partial charge in [0.25, 0.3) is 5.91 Å². The van der Waals surface area contributed by atoms with Gasteiger partial charge in [0.15, 0.2) is 0 Å². The molecule has 7 heteroatoms. The molecular weight excluding hydrogens is 348 g/mol. The monoisotopic (exact) mass is 374 g/mol. The van der Waals surface area contributed by atoms with E-state index in [1.54, 1.807) is 29.2 Å². The maximum atomic E-state index is 12.5. The number of hydrogen-bond acceptors (Lipinski definition) is 4. The first kappa shape index (κ1) is 19.4. The highest BCUT2D eigenvalue weighted by atomic mass is 16.5. The Bertz CT molecular complexity index is 674. The number of rotatable bonds is 6. The van der Waals surface area contributed by atoms with Gasteiger partial charge in [-0.1, -0.05) is 0 Å². The highest BCUT2D eigenvalue weighted by Crippen LogP contribution is 2.21. The maximum Gasteiger partial charge on any atom is 0.306 e. The van der Waals surface area contributed by atoms with Crippen molar-refractivity contribution >= 4 is 23.5 Å². The van der Waals surface area contributed by atoms with Crippen molar-refractivity contribution in [3.8, 4) is 0 Å². The Morgan fingerprint density at radius 3 is 2.41 bits per heavy atom. The Morgan fingerprint density at radius 2 is 1.81 bits per heavy atom. The second-order valence-corrected chi connectivity index (χ2v) is 7.20. The lowest BCUT2D eigenvalue weighted by Crippen LogP contribution is -2.40. The number of nitrogens with zero attached hydrogens (tertiary/aromatic N) is 1. The van der Waals surface area contributed by atoms with Gasteiger partial charge in [-0.2, -0.15) is 0 Å². The van der Waals surface area contributed by atoms with E-state index in [-0.39, 0.29) is 23.8 Å². The molecule has 0 saturated carbocycles. The Balaban J connectivity index is 1.47. The van der Waals surface area contributed by atoms with Crippen LogP contribution in [0.2, 0.25) is 0 Å². The fourth-order valence-corrected chi connectivity index (χ4v) is 3.60. The SMILES string of the molecule is O=C(CCC1CCCO1)Nc1ccc(C(=O)N2CCC(C(=O)O)CC2)cc1. The van der Waals surface area contributed by atoms with Crippen LogP contribution >= 0.6 is 0 Å². The van der Waals surface area contributed by atoms with Gasteiger partial charge in [0, 0.05) is 37.4 Å². The van der Waals surface area contributed by atoms with Gasteiger partial charge in [-0.15, -0.1) is 0 Å². The number of aliphatic carboxylic acids is 1. The highest BCUT2D eigenvalue weighted by Gasteiger charge is 2.27. The molecule has 0 bridgehead atoms. The van der Waals surface area contributed by atoms with Crippen LogP contribution in [0.1, 0.15) is 48.9 Å². The molecular formula is C20H26N2O5. The van der Waals surface area contributed by atoms with E-state index in [0.717, 1.165) is 25.9 Å². The molecule has 0 radical (unpaired) electrons. The van der Waals surface area contributed by atoms with Gasteiger partial charge in [0.05, 0.1) is 12.0 Å². The molecule has 2 aliphatic heterocycles. The van der Waals surface area contributed by atoms with Crippen molar-refractivity contribution in [2.24, 2.45) is 5.92 Å². The zero-order chi connectivity index (χ0) is 19.2. The van der Waals surface area contributed by atoms with Crippen molar-refractivity contribution in [1.29, 1.82) is 0 Å². The normalized spacial score (nSPS) is 20.4. The molecule has 1 aromatic carbocycles. The van der Waals surface area contributed by atoms with Gasteiger partial charge in [0.1, 0.15) is 0 Å². The van der Waals surface area contributed by atoms with Gasteiger partial charge in [-0.25, -0.2) is 0 Å². The quantitative estimate of drug-likeness (QED) is 0.798. The number of amides is 2. The lowest BCUT2D eigenvalue weighted by atomic mass is 9.96. The summed E-state index contributed by atoms with van der Waals surface area (Å²) in [5.74, 6) is -1.31. The summed E-state index contributed by atoms with van der Waals surface area (Å²) in [5, 5.41) is 11.9. The van der Waals surface area contributed by atoms with Gasteiger partial charge in [-0.3, -0.25) is 14.4 Å². The molecule has 2 heterocycles. The lowest BCUT2D eigenvalue weighted by molar-refractivity contribution is -0.143. The van der Waals surface area contributed by atoms with Crippen molar-refractivity contribution in [1.82, 2.24) is 4.90 Å². The summed E-state index contributed by atoms with van der Waals surface area (Å²) in [6.45, 7) is 1.70. The zero-order valence-corrected chi connectivity index (χ0v) is 15.4. The average molecular weight is 374 g/mol. The van der Waals surface area contributed by atoms with Gasteiger partial charge in [0.2, 0.25) is 5.91 Å². The maximum absolute atomic E-state index is 12.5. The summed E-state index contributed by atoms with van der Waals surface area (Å²) in [6, 6.07) is 6.84. The minimum atomic E-state index is -0.790. The van der Waals surface area contributed by atoms with E-state index in [1.807, 2.05) is 0 Å². The predicted molar refractivity (Wildman–Crippen MR) is 99.5 cm³/mol. The van der Waals surface area contributed by atoms with E-state index < -0.39 is 5.97 Å². The van der Waals surface area contributed by atoms with Crippen LogP contribution in [0.25, 0.3) is 0 Å². The van der Waals surface area contributed by atoms with E-state index in [4.69, 9.17) is 9.84 Å². The Hall–Kier alpha value is -2.41.